The van der Waals surface area contributed by atoms with Gasteiger partial charge in [0.1, 0.15) is 18.0 Å². The summed E-state index contributed by atoms with van der Waals surface area (Å²) in [6.45, 7) is 5.55. The Kier molecular flexibility index (Phi) is 9.84. The molecule has 28 heavy (non-hydrogen) atoms. The third-order valence-corrected chi connectivity index (χ3v) is 3.97. The maximum atomic E-state index is 5.57. The minimum atomic E-state index is 0. The minimum Gasteiger partial charge on any atom is -0.467 e. The Morgan fingerprint density at radius 3 is 2.96 bits per heavy atom. The molecule has 2 N–H and O–H groups in total. The molecule has 0 amide bonds. The van der Waals surface area contributed by atoms with Crippen molar-refractivity contribution in [2.45, 2.75) is 26.4 Å². The van der Waals surface area contributed by atoms with Crippen molar-refractivity contribution in [2.24, 2.45) is 4.99 Å². The SMILES string of the molecule is CCNC(=NCCCOCc1ccco1)NCCc1cn2ccccc2n1.I. The summed E-state index contributed by atoms with van der Waals surface area (Å²) in [6.07, 6.45) is 7.45. The van der Waals surface area contributed by atoms with Crippen LogP contribution in [0, 0.1) is 0 Å². The quantitative estimate of drug-likeness (QED) is 0.195. The van der Waals surface area contributed by atoms with E-state index in [1.807, 2.05) is 40.9 Å². The predicted octanol–water partition coefficient (Wildman–Crippen LogP) is 3.25. The molecule has 3 aromatic heterocycles. The molecule has 0 unspecified atom stereocenters. The van der Waals surface area contributed by atoms with Gasteiger partial charge in [0.15, 0.2) is 5.96 Å². The number of ether oxygens (including phenoxy) is 1. The number of hydrogen-bond donors (Lipinski definition) is 2. The molecule has 0 aromatic carbocycles. The molecular weight excluding hydrogens is 469 g/mol. The Hall–Kier alpha value is -2.07. The van der Waals surface area contributed by atoms with Crippen molar-refractivity contribution in [1.82, 2.24) is 20.0 Å². The maximum Gasteiger partial charge on any atom is 0.191 e. The zero-order chi connectivity index (χ0) is 18.7. The number of nitrogens with zero attached hydrogens (tertiary/aromatic N) is 3. The molecular formula is C20H28IN5O2. The number of furan rings is 1. The predicted molar refractivity (Wildman–Crippen MR) is 121 cm³/mol. The average Bonchev–Trinajstić information content (AvgIpc) is 3.33. The summed E-state index contributed by atoms with van der Waals surface area (Å²) < 4.78 is 12.8. The average molecular weight is 497 g/mol. The highest BCUT2D eigenvalue weighted by atomic mass is 127. The molecule has 0 bridgehead atoms. The summed E-state index contributed by atoms with van der Waals surface area (Å²) in [7, 11) is 0. The van der Waals surface area contributed by atoms with Crippen LogP contribution in [0.25, 0.3) is 5.65 Å². The summed E-state index contributed by atoms with van der Waals surface area (Å²) in [4.78, 5) is 9.20. The van der Waals surface area contributed by atoms with E-state index in [2.05, 4.69) is 33.7 Å². The van der Waals surface area contributed by atoms with Crippen molar-refractivity contribution in [3.05, 3.63) is 60.4 Å². The van der Waals surface area contributed by atoms with Gasteiger partial charge in [0.05, 0.1) is 12.0 Å². The molecule has 3 heterocycles. The number of aliphatic imine (C=N–C) groups is 1. The third kappa shape index (κ3) is 7.16. The van der Waals surface area contributed by atoms with Crippen LogP contribution in [0.15, 0.2) is 58.4 Å². The fourth-order valence-electron chi connectivity index (χ4n) is 2.68. The van der Waals surface area contributed by atoms with Gasteiger partial charge in [-0.2, -0.15) is 0 Å². The van der Waals surface area contributed by atoms with Gasteiger partial charge in [0, 0.05) is 45.1 Å². The zero-order valence-corrected chi connectivity index (χ0v) is 18.5. The number of nitrogens with one attached hydrogen (secondary N) is 2. The van der Waals surface area contributed by atoms with Crippen molar-refractivity contribution in [3.63, 3.8) is 0 Å². The first-order chi connectivity index (χ1) is 13.3. The van der Waals surface area contributed by atoms with E-state index in [1.54, 1.807) is 6.26 Å². The summed E-state index contributed by atoms with van der Waals surface area (Å²) in [5.74, 6) is 1.67. The van der Waals surface area contributed by atoms with Gasteiger partial charge in [0.25, 0.3) is 0 Å². The van der Waals surface area contributed by atoms with Crippen LogP contribution in [0.3, 0.4) is 0 Å². The molecule has 0 radical (unpaired) electrons. The van der Waals surface area contributed by atoms with Crippen molar-refractivity contribution in [1.29, 1.82) is 0 Å². The second-order valence-corrected chi connectivity index (χ2v) is 6.12. The molecule has 0 fully saturated rings. The van der Waals surface area contributed by atoms with Crippen molar-refractivity contribution < 1.29 is 9.15 Å². The van der Waals surface area contributed by atoms with Crippen molar-refractivity contribution >= 4 is 35.6 Å². The topological polar surface area (TPSA) is 76.1 Å². The first-order valence-corrected chi connectivity index (χ1v) is 9.40. The molecule has 7 nitrogen and oxygen atoms in total. The molecule has 8 heteroatoms. The van der Waals surface area contributed by atoms with Crippen LogP contribution in [-0.2, 0) is 17.8 Å². The van der Waals surface area contributed by atoms with Crippen molar-refractivity contribution in [3.8, 4) is 0 Å². The molecule has 0 atom stereocenters. The Balaban J connectivity index is 0.00000280. The summed E-state index contributed by atoms with van der Waals surface area (Å²) in [5, 5.41) is 6.63. The lowest BCUT2D eigenvalue weighted by Gasteiger charge is -2.10. The van der Waals surface area contributed by atoms with Crippen LogP contribution < -0.4 is 10.6 Å². The van der Waals surface area contributed by atoms with Crippen LogP contribution in [-0.4, -0.2) is 41.6 Å². The van der Waals surface area contributed by atoms with Gasteiger partial charge in [-0.15, -0.1) is 24.0 Å². The monoisotopic (exact) mass is 497 g/mol. The Morgan fingerprint density at radius 1 is 1.25 bits per heavy atom. The first kappa shape index (κ1) is 22.2. The molecule has 152 valence electrons. The first-order valence-electron chi connectivity index (χ1n) is 9.40. The number of fused-ring (bicyclic) bond motifs is 1. The molecule has 0 spiro atoms. The Morgan fingerprint density at radius 2 is 2.18 bits per heavy atom. The Labute approximate surface area is 182 Å². The van der Waals surface area contributed by atoms with Gasteiger partial charge in [-0.1, -0.05) is 6.07 Å². The lowest BCUT2D eigenvalue weighted by molar-refractivity contribution is 0.105. The highest BCUT2D eigenvalue weighted by molar-refractivity contribution is 14.0. The fraction of sp³-hybridized carbons (Fsp3) is 0.400. The summed E-state index contributed by atoms with van der Waals surface area (Å²) in [5.41, 5.74) is 2.04. The second kappa shape index (κ2) is 12.4. The van der Waals surface area contributed by atoms with E-state index < -0.39 is 0 Å². The molecule has 0 aliphatic rings. The molecule has 3 aromatic rings. The number of aromatic nitrogens is 2. The maximum absolute atomic E-state index is 5.57. The number of rotatable bonds is 10. The fourth-order valence-corrected chi connectivity index (χ4v) is 2.68. The van der Waals surface area contributed by atoms with E-state index in [-0.39, 0.29) is 24.0 Å². The third-order valence-electron chi connectivity index (χ3n) is 3.97. The van der Waals surface area contributed by atoms with Crippen molar-refractivity contribution in [2.75, 3.05) is 26.2 Å². The Bertz CT molecular complexity index is 799. The van der Waals surface area contributed by atoms with E-state index >= 15 is 0 Å². The van der Waals surface area contributed by atoms with Crippen LogP contribution in [0.5, 0.6) is 0 Å². The van der Waals surface area contributed by atoms with E-state index in [1.165, 1.54) is 0 Å². The molecule has 0 saturated carbocycles. The summed E-state index contributed by atoms with van der Waals surface area (Å²) >= 11 is 0. The number of imidazole rings is 1. The van der Waals surface area contributed by atoms with Gasteiger partial charge < -0.3 is 24.2 Å². The molecule has 0 aliphatic carbocycles. The van der Waals surface area contributed by atoms with Crippen LogP contribution in [0.4, 0.5) is 0 Å². The number of halogens is 1. The normalized spacial score (nSPS) is 11.4. The molecule has 0 saturated heterocycles. The van der Waals surface area contributed by atoms with E-state index in [4.69, 9.17) is 9.15 Å². The number of hydrogen-bond acceptors (Lipinski definition) is 4. The lowest BCUT2D eigenvalue weighted by Crippen LogP contribution is -2.38. The summed E-state index contributed by atoms with van der Waals surface area (Å²) in [6, 6.07) is 9.79. The smallest absolute Gasteiger partial charge is 0.191 e. The lowest BCUT2D eigenvalue weighted by atomic mass is 10.3. The van der Waals surface area contributed by atoms with Gasteiger partial charge in [-0.25, -0.2) is 4.98 Å². The van der Waals surface area contributed by atoms with Gasteiger partial charge >= 0.3 is 0 Å². The minimum absolute atomic E-state index is 0. The number of pyridine rings is 1. The second-order valence-electron chi connectivity index (χ2n) is 6.12. The van der Waals surface area contributed by atoms with Gasteiger partial charge in [-0.3, -0.25) is 4.99 Å². The largest absolute Gasteiger partial charge is 0.467 e. The highest BCUT2D eigenvalue weighted by Crippen LogP contribution is 2.04. The molecule has 3 rings (SSSR count). The standard InChI is InChI=1S/C20H27N5O2.HI/c1-2-21-20(22-10-6-13-26-16-18-7-5-14-27-18)23-11-9-17-15-25-12-4-3-8-19(25)24-17;/h3-5,7-8,12,14-15H,2,6,9-11,13,16H2,1H3,(H2,21,22,23);1H. The highest BCUT2D eigenvalue weighted by Gasteiger charge is 2.02. The van der Waals surface area contributed by atoms with E-state index in [0.29, 0.717) is 19.8 Å². The van der Waals surface area contributed by atoms with E-state index in [0.717, 1.165) is 49.0 Å². The van der Waals surface area contributed by atoms with E-state index in [9.17, 15) is 0 Å². The van der Waals surface area contributed by atoms with Crippen LogP contribution >= 0.6 is 24.0 Å². The number of guanidine groups is 1. The van der Waals surface area contributed by atoms with Crippen LogP contribution in [0.2, 0.25) is 0 Å². The van der Waals surface area contributed by atoms with Gasteiger partial charge in [-0.05, 0) is 37.6 Å². The zero-order valence-electron chi connectivity index (χ0n) is 16.1. The van der Waals surface area contributed by atoms with Crippen LogP contribution in [0.1, 0.15) is 24.8 Å². The molecule has 0 aliphatic heterocycles. The van der Waals surface area contributed by atoms with Gasteiger partial charge in [0.2, 0.25) is 0 Å².